The van der Waals surface area contributed by atoms with Crippen molar-refractivity contribution in [1.29, 1.82) is 0 Å². The molecule has 0 spiro atoms. The molecule has 1 fully saturated rings. The zero-order valence-corrected chi connectivity index (χ0v) is 10.0. The Morgan fingerprint density at radius 3 is 2.47 bits per heavy atom. The molecule has 1 aliphatic carbocycles. The topological polar surface area (TPSA) is 44.5 Å². The first kappa shape index (κ1) is 14.7. The fourth-order valence-electron chi connectivity index (χ4n) is 2.02. The predicted molar refractivity (Wildman–Crippen MR) is 57.6 cm³/mol. The molecule has 3 atom stereocenters. The van der Waals surface area contributed by atoms with E-state index in [9.17, 15) is 13.2 Å². The van der Waals surface area contributed by atoms with Crippen LogP contribution in [0.2, 0.25) is 0 Å². The molecule has 0 aromatic rings. The van der Waals surface area contributed by atoms with E-state index in [0.29, 0.717) is 6.42 Å². The summed E-state index contributed by atoms with van der Waals surface area (Å²) in [5.74, 6) is -1.56. The van der Waals surface area contributed by atoms with Crippen LogP contribution in [-0.4, -0.2) is 38.6 Å². The van der Waals surface area contributed by atoms with E-state index in [0.717, 1.165) is 19.3 Å². The first-order valence-electron chi connectivity index (χ1n) is 5.88. The summed E-state index contributed by atoms with van der Waals surface area (Å²) in [6, 6.07) is 0. The molecule has 1 rings (SSSR count). The van der Waals surface area contributed by atoms with Crippen molar-refractivity contribution in [2.45, 2.75) is 44.1 Å². The van der Waals surface area contributed by atoms with E-state index in [-0.39, 0.29) is 18.8 Å². The van der Waals surface area contributed by atoms with Gasteiger partial charge < -0.3 is 15.2 Å². The molecule has 2 N–H and O–H groups in total. The van der Waals surface area contributed by atoms with Gasteiger partial charge in [-0.3, -0.25) is 0 Å². The van der Waals surface area contributed by atoms with Gasteiger partial charge in [-0.1, -0.05) is 0 Å². The second kappa shape index (κ2) is 6.56. The lowest BCUT2D eigenvalue weighted by atomic mass is 9.95. The van der Waals surface area contributed by atoms with Crippen LogP contribution in [0, 0.1) is 5.92 Å². The summed E-state index contributed by atoms with van der Waals surface area (Å²) in [6.07, 6.45) is -0.940. The van der Waals surface area contributed by atoms with Gasteiger partial charge in [-0.15, -0.1) is 0 Å². The maximum atomic E-state index is 12.4. The highest BCUT2D eigenvalue weighted by Gasteiger charge is 2.39. The number of nitrogens with two attached hydrogens (primary N) is 1. The second-order valence-electron chi connectivity index (χ2n) is 4.45. The van der Waals surface area contributed by atoms with Crippen molar-refractivity contribution in [2.75, 3.05) is 20.3 Å². The predicted octanol–water partition coefficient (Wildman–Crippen LogP) is 2.10. The van der Waals surface area contributed by atoms with Crippen LogP contribution in [-0.2, 0) is 9.47 Å². The van der Waals surface area contributed by atoms with Crippen molar-refractivity contribution in [3.63, 3.8) is 0 Å². The van der Waals surface area contributed by atoms with E-state index in [2.05, 4.69) is 0 Å². The quantitative estimate of drug-likeness (QED) is 0.818. The van der Waals surface area contributed by atoms with Gasteiger partial charge in [0.15, 0.2) is 0 Å². The summed E-state index contributed by atoms with van der Waals surface area (Å²) in [4.78, 5) is 0. The van der Waals surface area contributed by atoms with Crippen LogP contribution in [0.4, 0.5) is 13.2 Å². The monoisotopic (exact) mass is 255 g/mol. The second-order valence-corrected chi connectivity index (χ2v) is 4.45. The molecule has 0 heterocycles. The Bertz CT molecular complexity index is 223. The molecule has 17 heavy (non-hydrogen) atoms. The molecule has 1 saturated carbocycles. The SMILES string of the molecule is COC1CCCC(OCC(CN)C(F)(F)F)C1. The Morgan fingerprint density at radius 1 is 1.29 bits per heavy atom. The van der Waals surface area contributed by atoms with Crippen LogP contribution in [0.15, 0.2) is 0 Å². The third-order valence-corrected chi connectivity index (χ3v) is 3.19. The summed E-state index contributed by atoms with van der Waals surface area (Å²) in [5, 5.41) is 0. The van der Waals surface area contributed by atoms with Crippen LogP contribution in [0.1, 0.15) is 25.7 Å². The number of halogens is 3. The molecule has 0 amide bonds. The molecule has 3 nitrogen and oxygen atoms in total. The smallest absolute Gasteiger partial charge is 0.381 e. The summed E-state index contributed by atoms with van der Waals surface area (Å²) < 4.78 is 47.8. The first-order valence-corrected chi connectivity index (χ1v) is 5.88. The Balaban J connectivity index is 2.34. The van der Waals surface area contributed by atoms with Crippen molar-refractivity contribution < 1.29 is 22.6 Å². The molecule has 6 heteroatoms. The third kappa shape index (κ3) is 4.81. The largest absolute Gasteiger partial charge is 0.395 e. The fraction of sp³-hybridized carbons (Fsp3) is 1.00. The van der Waals surface area contributed by atoms with Gasteiger partial charge in [-0.25, -0.2) is 0 Å². The van der Waals surface area contributed by atoms with Crippen LogP contribution < -0.4 is 5.73 Å². The Hall–Kier alpha value is -0.330. The zero-order chi connectivity index (χ0) is 12.9. The van der Waals surface area contributed by atoms with E-state index in [1.54, 1.807) is 7.11 Å². The van der Waals surface area contributed by atoms with Crippen LogP contribution in [0.25, 0.3) is 0 Å². The average molecular weight is 255 g/mol. The van der Waals surface area contributed by atoms with Gasteiger partial charge >= 0.3 is 6.18 Å². The summed E-state index contributed by atoms with van der Waals surface area (Å²) >= 11 is 0. The minimum Gasteiger partial charge on any atom is -0.381 e. The molecule has 102 valence electrons. The van der Waals surface area contributed by atoms with E-state index in [1.165, 1.54) is 0 Å². The van der Waals surface area contributed by atoms with Gasteiger partial charge in [0.05, 0.1) is 24.7 Å². The molecule has 0 radical (unpaired) electrons. The molecule has 0 aromatic carbocycles. The number of rotatable bonds is 5. The zero-order valence-electron chi connectivity index (χ0n) is 10.0. The lowest BCUT2D eigenvalue weighted by Crippen LogP contribution is -2.36. The van der Waals surface area contributed by atoms with Gasteiger partial charge in [0.1, 0.15) is 0 Å². The first-order chi connectivity index (χ1) is 7.97. The molecule has 0 bridgehead atoms. The van der Waals surface area contributed by atoms with Gasteiger partial charge in [0.25, 0.3) is 0 Å². The summed E-state index contributed by atoms with van der Waals surface area (Å²) in [5.41, 5.74) is 5.10. The highest BCUT2D eigenvalue weighted by molar-refractivity contribution is 4.75. The molecule has 1 aliphatic rings. The Morgan fingerprint density at radius 2 is 1.94 bits per heavy atom. The fourth-order valence-corrected chi connectivity index (χ4v) is 2.02. The summed E-state index contributed by atoms with van der Waals surface area (Å²) in [7, 11) is 1.62. The van der Waals surface area contributed by atoms with Crippen molar-refractivity contribution in [2.24, 2.45) is 11.7 Å². The van der Waals surface area contributed by atoms with Gasteiger partial charge in [0, 0.05) is 13.7 Å². The van der Waals surface area contributed by atoms with Gasteiger partial charge in [0.2, 0.25) is 0 Å². The maximum absolute atomic E-state index is 12.4. The molecule has 0 aromatic heterocycles. The Labute approximate surface area is 99.4 Å². The normalized spacial score (nSPS) is 28.1. The number of hydrogen-bond donors (Lipinski definition) is 1. The van der Waals surface area contributed by atoms with E-state index in [4.69, 9.17) is 15.2 Å². The van der Waals surface area contributed by atoms with Gasteiger partial charge in [-0.2, -0.15) is 13.2 Å². The van der Waals surface area contributed by atoms with Gasteiger partial charge in [-0.05, 0) is 25.7 Å². The highest BCUT2D eigenvalue weighted by atomic mass is 19.4. The number of ether oxygens (including phenoxy) is 2. The van der Waals surface area contributed by atoms with E-state index in [1.807, 2.05) is 0 Å². The number of alkyl halides is 3. The maximum Gasteiger partial charge on any atom is 0.395 e. The minimum atomic E-state index is -4.27. The highest BCUT2D eigenvalue weighted by Crippen LogP contribution is 2.28. The van der Waals surface area contributed by atoms with E-state index >= 15 is 0 Å². The standard InChI is InChI=1S/C11H20F3NO2/c1-16-9-3-2-4-10(5-9)17-7-8(6-15)11(12,13)14/h8-10H,2-7,15H2,1H3. The Kier molecular flexibility index (Phi) is 5.69. The van der Waals surface area contributed by atoms with Crippen molar-refractivity contribution in [1.82, 2.24) is 0 Å². The molecule has 3 unspecified atom stereocenters. The van der Waals surface area contributed by atoms with Crippen molar-refractivity contribution in [3.8, 4) is 0 Å². The van der Waals surface area contributed by atoms with Crippen molar-refractivity contribution >= 4 is 0 Å². The number of hydrogen-bond acceptors (Lipinski definition) is 3. The minimum absolute atomic E-state index is 0.107. The average Bonchev–Trinajstić information content (AvgIpc) is 2.28. The van der Waals surface area contributed by atoms with Crippen LogP contribution in [0.5, 0.6) is 0 Å². The van der Waals surface area contributed by atoms with Crippen LogP contribution in [0.3, 0.4) is 0 Å². The molecular weight excluding hydrogens is 235 g/mol. The van der Waals surface area contributed by atoms with E-state index < -0.39 is 18.6 Å². The molecule has 0 aliphatic heterocycles. The van der Waals surface area contributed by atoms with Crippen LogP contribution >= 0.6 is 0 Å². The lowest BCUT2D eigenvalue weighted by molar-refractivity contribution is -0.191. The molecular formula is C11H20F3NO2. The van der Waals surface area contributed by atoms with Crippen molar-refractivity contribution in [3.05, 3.63) is 0 Å². The molecule has 0 saturated heterocycles. The number of methoxy groups -OCH3 is 1. The lowest BCUT2D eigenvalue weighted by Gasteiger charge is -2.29. The summed E-state index contributed by atoms with van der Waals surface area (Å²) in [6.45, 7) is -0.773. The third-order valence-electron chi connectivity index (χ3n) is 3.19.